The van der Waals surface area contributed by atoms with E-state index in [4.69, 9.17) is 11.6 Å². The van der Waals surface area contributed by atoms with Crippen molar-refractivity contribution in [3.63, 3.8) is 0 Å². The van der Waals surface area contributed by atoms with Crippen LogP contribution in [0.1, 0.15) is 5.56 Å². The number of para-hydroxylation sites is 1. The number of hydrogen-bond acceptors (Lipinski definition) is 2. The number of hydrogen-bond donors (Lipinski definition) is 2. The van der Waals surface area contributed by atoms with Gasteiger partial charge in [-0.2, -0.15) is 0 Å². The summed E-state index contributed by atoms with van der Waals surface area (Å²) in [6, 6.07) is 24.7. The summed E-state index contributed by atoms with van der Waals surface area (Å²) < 4.78 is 0. The van der Waals surface area contributed by atoms with E-state index < -0.39 is 0 Å². The second-order valence-electron chi connectivity index (χ2n) is 5.36. The number of benzene rings is 3. The van der Waals surface area contributed by atoms with Crippen LogP contribution >= 0.6 is 23.4 Å². The lowest BCUT2D eigenvalue weighted by Gasteiger charge is -2.12. The zero-order chi connectivity index (χ0) is 17.5. The minimum Gasteiger partial charge on any atom is -0.308 e. The number of nitrogens with one attached hydrogen (secondary N) is 2. The molecule has 0 aliphatic rings. The van der Waals surface area contributed by atoms with Gasteiger partial charge in [0.25, 0.3) is 0 Å². The molecule has 3 rings (SSSR count). The Balaban J connectivity index is 1.69. The quantitative estimate of drug-likeness (QED) is 0.520. The van der Waals surface area contributed by atoms with Gasteiger partial charge in [0, 0.05) is 21.4 Å². The van der Waals surface area contributed by atoms with Gasteiger partial charge in [-0.1, -0.05) is 60.1 Å². The number of urea groups is 1. The van der Waals surface area contributed by atoms with Crippen molar-refractivity contribution >= 4 is 40.8 Å². The monoisotopic (exact) mass is 368 g/mol. The fraction of sp³-hybridized carbons (Fsp3) is 0.0500. The molecule has 2 amide bonds. The lowest BCUT2D eigenvalue weighted by atomic mass is 10.2. The molecule has 0 spiro atoms. The van der Waals surface area contributed by atoms with Crippen LogP contribution in [0.2, 0.25) is 5.02 Å². The van der Waals surface area contributed by atoms with E-state index in [1.165, 1.54) is 5.56 Å². The molecule has 2 N–H and O–H groups in total. The zero-order valence-corrected chi connectivity index (χ0v) is 15.0. The fourth-order valence-corrected chi connectivity index (χ4v) is 3.50. The highest BCUT2D eigenvalue weighted by Crippen LogP contribution is 2.32. The first-order valence-electron chi connectivity index (χ1n) is 7.80. The molecule has 126 valence electrons. The summed E-state index contributed by atoms with van der Waals surface area (Å²) in [5.74, 6) is 0.802. The molecule has 0 aliphatic carbocycles. The molecule has 0 atom stereocenters. The maximum absolute atomic E-state index is 12.2. The lowest BCUT2D eigenvalue weighted by molar-refractivity contribution is 0.262. The highest BCUT2D eigenvalue weighted by Gasteiger charge is 2.09. The van der Waals surface area contributed by atoms with Crippen LogP contribution in [-0.2, 0) is 5.75 Å². The van der Waals surface area contributed by atoms with E-state index in [2.05, 4.69) is 22.8 Å². The zero-order valence-electron chi connectivity index (χ0n) is 13.4. The molecule has 0 bridgehead atoms. The van der Waals surface area contributed by atoms with Crippen molar-refractivity contribution in [2.45, 2.75) is 10.6 Å². The number of halogens is 1. The Labute approximate surface area is 156 Å². The van der Waals surface area contributed by atoms with Crippen LogP contribution in [0.25, 0.3) is 0 Å². The minimum absolute atomic E-state index is 0.282. The summed E-state index contributed by atoms with van der Waals surface area (Å²) in [4.78, 5) is 13.2. The molecule has 0 aliphatic heterocycles. The first-order chi connectivity index (χ1) is 12.2. The Bertz CT molecular complexity index is 841. The van der Waals surface area contributed by atoms with Crippen molar-refractivity contribution in [1.82, 2.24) is 0 Å². The Morgan fingerprint density at radius 1 is 0.880 bits per heavy atom. The summed E-state index contributed by atoms with van der Waals surface area (Å²) in [7, 11) is 0. The van der Waals surface area contributed by atoms with E-state index in [1.54, 1.807) is 17.8 Å². The molecule has 5 heteroatoms. The first-order valence-corrected chi connectivity index (χ1v) is 9.16. The van der Waals surface area contributed by atoms with Gasteiger partial charge in [-0.05, 0) is 35.9 Å². The highest BCUT2D eigenvalue weighted by atomic mass is 35.5. The Hall–Kier alpha value is -2.43. The van der Waals surface area contributed by atoms with Gasteiger partial charge in [0.2, 0.25) is 0 Å². The number of thioether (sulfide) groups is 1. The van der Waals surface area contributed by atoms with Crippen LogP contribution in [-0.4, -0.2) is 6.03 Å². The molecular weight excluding hydrogens is 352 g/mol. The van der Waals surface area contributed by atoms with Crippen molar-refractivity contribution in [3.8, 4) is 0 Å². The largest absolute Gasteiger partial charge is 0.323 e. The Morgan fingerprint density at radius 2 is 1.56 bits per heavy atom. The van der Waals surface area contributed by atoms with Crippen LogP contribution in [0.3, 0.4) is 0 Å². The fourth-order valence-electron chi connectivity index (χ4n) is 2.26. The van der Waals surface area contributed by atoms with Gasteiger partial charge in [-0.25, -0.2) is 4.79 Å². The molecule has 3 aromatic rings. The van der Waals surface area contributed by atoms with Crippen molar-refractivity contribution in [2.24, 2.45) is 0 Å². The first kappa shape index (κ1) is 17.4. The average molecular weight is 369 g/mol. The number of amides is 2. The standard InChI is InChI=1S/C20H17ClN2OS/c21-16-11-12-18(23-20(24)22-17-9-5-2-6-10-17)19(13-16)25-14-15-7-3-1-4-8-15/h1-13H,14H2,(H2,22,23,24). The van der Waals surface area contributed by atoms with Gasteiger partial charge in [0.05, 0.1) is 5.69 Å². The second kappa shape index (κ2) is 8.60. The van der Waals surface area contributed by atoms with Crippen molar-refractivity contribution in [2.75, 3.05) is 10.6 Å². The third-order valence-corrected chi connectivity index (χ3v) is 4.82. The van der Waals surface area contributed by atoms with E-state index in [-0.39, 0.29) is 6.03 Å². The molecule has 0 unspecified atom stereocenters. The van der Waals surface area contributed by atoms with Gasteiger partial charge >= 0.3 is 6.03 Å². The highest BCUT2D eigenvalue weighted by molar-refractivity contribution is 7.98. The smallest absolute Gasteiger partial charge is 0.308 e. The predicted octanol–water partition coefficient (Wildman–Crippen LogP) is 6.28. The van der Waals surface area contributed by atoms with E-state index in [9.17, 15) is 4.79 Å². The molecule has 0 radical (unpaired) electrons. The third-order valence-electron chi connectivity index (χ3n) is 3.46. The number of carbonyl (C=O) groups is 1. The summed E-state index contributed by atoms with van der Waals surface area (Å²) in [5, 5.41) is 6.35. The average Bonchev–Trinajstić information content (AvgIpc) is 2.63. The third kappa shape index (κ3) is 5.28. The molecule has 0 saturated carbocycles. The molecule has 0 aromatic heterocycles. The van der Waals surface area contributed by atoms with Gasteiger partial charge < -0.3 is 10.6 Å². The van der Waals surface area contributed by atoms with Crippen LogP contribution in [0, 0.1) is 0 Å². The van der Waals surface area contributed by atoms with Gasteiger partial charge in [-0.3, -0.25) is 0 Å². The molecule has 0 heterocycles. The number of carbonyl (C=O) groups excluding carboxylic acids is 1. The molecular formula is C20H17ClN2OS. The summed E-state index contributed by atoms with van der Waals surface area (Å²) in [5.41, 5.74) is 2.69. The van der Waals surface area contributed by atoms with E-state index in [0.717, 1.165) is 22.0 Å². The molecule has 25 heavy (non-hydrogen) atoms. The second-order valence-corrected chi connectivity index (χ2v) is 6.81. The van der Waals surface area contributed by atoms with Crippen molar-refractivity contribution in [3.05, 3.63) is 89.4 Å². The van der Waals surface area contributed by atoms with Crippen LogP contribution < -0.4 is 10.6 Å². The molecule has 0 saturated heterocycles. The van der Waals surface area contributed by atoms with Gasteiger partial charge in [-0.15, -0.1) is 11.8 Å². The van der Waals surface area contributed by atoms with Crippen molar-refractivity contribution < 1.29 is 4.79 Å². The molecule has 3 aromatic carbocycles. The van der Waals surface area contributed by atoms with Crippen LogP contribution in [0.15, 0.2) is 83.8 Å². The topological polar surface area (TPSA) is 41.1 Å². The number of anilines is 2. The Kier molecular flexibility index (Phi) is 5.99. The molecule has 0 fully saturated rings. The Morgan fingerprint density at radius 3 is 2.28 bits per heavy atom. The van der Waals surface area contributed by atoms with E-state index in [0.29, 0.717) is 5.02 Å². The minimum atomic E-state index is -0.282. The van der Waals surface area contributed by atoms with Crippen LogP contribution in [0.5, 0.6) is 0 Å². The lowest BCUT2D eigenvalue weighted by Crippen LogP contribution is -2.19. The van der Waals surface area contributed by atoms with E-state index in [1.807, 2.05) is 60.7 Å². The van der Waals surface area contributed by atoms with Gasteiger partial charge in [0.1, 0.15) is 0 Å². The van der Waals surface area contributed by atoms with Crippen LogP contribution in [0.4, 0.5) is 16.2 Å². The predicted molar refractivity (Wildman–Crippen MR) is 107 cm³/mol. The van der Waals surface area contributed by atoms with Crippen molar-refractivity contribution in [1.29, 1.82) is 0 Å². The summed E-state index contributed by atoms with van der Waals surface area (Å²) >= 11 is 7.76. The normalized spacial score (nSPS) is 10.3. The molecule has 3 nitrogen and oxygen atoms in total. The summed E-state index contributed by atoms with van der Waals surface area (Å²) in [6.45, 7) is 0. The SMILES string of the molecule is O=C(Nc1ccccc1)Nc1ccc(Cl)cc1SCc1ccccc1. The maximum atomic E-state index is 12.2. The van der Waals surface area contributed by atoms with E-state index >= 15 is 0 Å². The maximum Gasteiger partial charge on any atom is 0.323 e. The van der Waals surface area contributed by atoms with Gasteiger partial charge in [0.15, 0.2) is 0 Å². The summed E-state index contributed by atoms with van der Waals surface area (Å²) in [6.07, 6.45) is 0. The number of rotatable bonds is 5.